The van der Waals surface area contributed by atoms with Crippen molar-refractivity contribution in [1.29, 1.82) is 0 Å². The maximum Gasteiger partial charge on any atom is 0.225 e. The summed E-state index contributed by atoms with van der Waals surface area (Å²) in [7, 11) is 0. The molecule has 0 spiro atoms. The molecule has 1 heterocycles. The molecule has 0 atom stereocenters. The largest absolute Gasteiger partial charge is 0.356 e. The van der Waals surface area contributed by atoms with Gasteiger partial charge in [-0.2, -0.15) is 0 Å². The maximum atomic E-state index is 13.6. The van der Waals surface area contributed by atoms with E-state index in [9.17, 15) is 14.0 Å². The number of halogens is 1. The van der Waals surface area contributed by atoms with Crippen molar-refractivity contribution in [3.8, 4) is 0 Å². The Labute approximate surface area is 155 Å². The van der Waals surface area contributed by atoms with Crippen LogP contribution in [-0.4, -0.2) is 36.3 Å². The van der Waals surface area contributed by atoms with Gasteiger partial charge in [0.1, 0.15) is 5.82 Å². The molecule has 0 radical (unpaired) electrons. The maximum absolute atomic E-state index is 13.6. The summed E-state index contributed by atoms with van der Waals surface area (Å²) in [4.78, 5) is 26.9. The molecule has 3 rings (SSSR count). The highest BCUT2D eigenvalue weighted by Gasteiger charge is 2.32. The molecule has 5 heteroatoms. The van der Waals surface area contributed by atoms with Gasteiger partial charge in [0.15, 0.2) is 0 Å². The topological polar surface area (TPSA) is 49.4 Å². The third kappa shape index (κ3) is 4.83. The number of benzene rings is 1. The van der Waals surface area contributed by atoms with Gasteiger partial charge in [0.2, 0.25) is 11.8 Å². The summed E-state index contributed by atoms with van der Waals surface area (Å²) < 4.78 is 13.6. The van der Waals surface area contributed by atoms with Crippen LogP contribution >= 0.6 is 0 Å². The average Bonchev–Trinajstić information content (AvgIpc) is 2.69. The molecule has 26 heavy (non-hydrogen) atoms. The zero-order valence-electron chi connectivity index (χ0n) is 15.4. The van der Waals surface area contributed by atoms with E-state index in [1.165, 1.54) is 12.5 Å². The molecule has 2 amide bonds. The monoisotopic (exact) mass is 360 g/mol. The Balaban J connectivity index is 1.39. The predicted octanol–water partition coefficient (Wildman–Crippen LogP) is 3.30. The average molecular weight is 360 g/mol. The van der Waals surface area contributed by atoms with Crippen molar-refractivity contribution in [2.45, 2.75) is 51.4 Å². The number of nitrogens with zero attached hydrogens (tertiary/aromatic N) is 1. The summed E-state index contributed by atoms with van der Waals surface area (Å²) in [5.41, 5.74) is 0.628. The van der Waals surface area contributed by atoms with Crippen LogP contribution in [0.15, 0.2) is 24.3 Å². The van der Waals surface area contributed by atoms with E-state index in [0.29, 0.717) is 24.4 Å². The fraction of sp³-hybridized carbons (Fsp3) is 0.619. The van der Waals surface area contributed by atoms with Crippen molar-refractivity contribution in [1.82, 2.24) is 10.2 Å². The van der Waals surface area contributed by atoms with Crippen LogP contribution in [0.4, 0.5) is 4.39 Å². The third-order valence-electron chi connectivity index (χ3n) is 5.77. The molecule has 1 aromatic rings. The van der Waals surface area contributed by atoms with Crippen LogP contribution in [0, 0.1) is 17.7 Å². The molecule has 1 saturated heterocycles. The fourth-order valence-electron chi connectivity index (χ4n) is 4.14. The second-order valence-electron chi connectivity index (χ2n) is 7.57. The number of nitrogens with one attached hydrogen (secondary N) is 1. The summed E-state index contributed by atoms with van der Waals surface area (Å²) >= 11 is 0. The van der Waals surface area contributed by atoms with Crippen LogP contribution in [0.25, 0.3) is 0 Å². The number of likely N-dealkylation sites (tertiary alicyclic amines) is 1. The first-order chi connectivity index (χ1) is 12.6. The summed E-state index contributed by atoms with van der Waals surface area (Å²) in [5, 5.41) is 2.93. The molecule has 0 bridgehead atoms. The van der Waals surface area contributed by atoms with Crippen LogP contribution in [0.5, 0.6) is 0 Å². The SMILES string of the molecule is O=C(NCCc1ccccc1F)C1CCC(C(=O)N2CCCCC2)CC1. The van der Waals surface area contributed by atoms with E-state index in [0.717, 1.165) is 51.6 Å². The molecular weight excluding hydrogens is 331 g/mol. The molecule has 0 unspecified atom stereocenters. The molecule has 4 nitrogen and oxygen atoms in total. The molecule has 1 aliphatic heterocycles. The van der Waals surface area contributed by atoms with Gasteiger partial charge in [-0.3, -0.25) is 9.59 Å². The number of carbonyl (C=O) groups is 2. The number of hydrogen-bond acceptors (Lipinski definition) is 2. The van der Waals surface area contributed by atoms with Crippen molar-refractivity contribution in [3.05, 3.63) is 35.6 Å². The Morgan fingerprint density at radius 3 is 2.35 bits per heavy atom. The van der Waals surface area contributed by atoms with E-state index in [2.05, 4.69) is 5.32 Å². The lowest BCUT2D eigenvalue weighted by atomic mass is 9.80. The van der Waals surface area contributed by atoms with E-state index < -0.39 is 0 Å². The zero-order chi connectivity index (χ0) is 18.4. The normalized spacial score (nSPS) is 23.5. The molecule has 1 saturated carbocycles. The Bertz CT molecular complexity index is 620. The first kappa shape index (κ1) is 18.9. The zero-order valence-corrected chi connectivity index (χ0v) is 15.4. The summed E-state index contributed by atoms with van der Waals surface area (Å²) in [6, 6.07) is 6.67. The Kier molecular flexibility index (Phi) is 6.64. The lowest BCUT2D eigenvalue weighted by Gasteiger charge is -2.33. The van der Waals surface area contributed by atoms with Gasteiger partial charge in [-0.1, -0.05) is 18.2 Å². The van der Waals surface area contributed by atoms with Gasteiger partial charge < -0.3 is 10.2 Å². The summed E-state index contributed by atoms with van der Waals surface area (Å²) in [6.45, 7) is 2.25. The van der Waals surface area contributed by atoms with Gasteiger partial charge in [0, 0.05) is 31.5 Å². The van der Waals surface area contributed by atoms with Crippen molar-refractivity contribution in [3.63, 3.8) is 0 Å². The van der Waals surface area contributed by atoms with Gasteiger partial charge in [-0.15, -0.1) is 0 Å². The van der Waals surface area contributed by atoms with Crippen molar-refractivity contribution < 1.29 is 14.0 Å². The smallest absolute Gasteiger partial charge is 0.225 e. The van der Waals surface area contributed by atoms with Crippen LogP contribution in [0.1, 0.15) is 50.5 Å². The Hall–Kier alpha value is -1.91. The lowest BCUT2D eigenvalue weighted by Crippen LogP contribution is -2.42. The first-order valence-electron chi connectivity index (χ1n) is 9.95. The standard InChI is InChI=1S/C21H29FN2O2/c22-19-7-3-2-6-16(19)12-13-23-20(25)17-8-10-18(11-9-17)21(26)24-14-4-1-5-15-24/h2-3,6-7,17-18H,1,4-5,8-15H2,(H,23,25). The second kappa shape index (κ2) is 9.15. The number of piperidine rings is 1. The van der Waals surface area contributed by atoms with Gasteiger partial charge in [0.25, 0.3) is 0 Å². The first-order valence-corrected chi connectivity index (χ1v) is 9.95. The van der Waals surface area contributed by atoms with Gasteiger partial charge in [-0.25, -0.2) is 4.39 Å². The molecule has 0 aromatic heterocycles. The van der Waals surface area contributed by atoms with Crippen LogP contribution in [0.3, 0.4) is 0 Å². The second-order valence-corrected chi connectivity index (χ2v) is 7.57. The van der Waals surface area contributed by atoms with Crippen molar-refractivity contribution in [2.75, 3.05) is 19.6 Å². The number of carbonyl (C=O) groups excluding carboxylic acids is 2. The van der Waals surface area contributed by atoms with Crippen LogP contribution in [0.2, 0.25) is 0 Å². The highest BCUT2D eigenvalue weighted by atomic mass is 19.1. The Morgan fingerprint density at radius 2 is 1.65 bits per heavy atom. The molecule has 2 fully saturated rings. The predicted molar refractivity (Wildman–Crippen MR) is 99.0 cm³/mol. The molecule has 1 aliphatic carbocycles. The Morgan fingerprint density at radius 1 is 1.00 bits per heavy atom. The lowest BCUT2D eigenvalue weighted by molar-refractivity contribution is -0.139. The summed E-state index contributed by atoms with van der Waals surface area (Å²) in [6.07, 6.45) is 7.12. The van der Waals surface area contributed by atoms with Gasteiger partial charge in [-0.05, 0) is 63.0 Å². The van der Waals surface area contributed by atoms with Gasteiger partial charge >= 0.3 is 0 Å². The molecule has 1 aromatic carbocycles. The third-order valence-corrected chi connectivity index (χ3v) is 5.77. The van der Waals surface area contributed by atoms with E-state index in [1.807, 2.05) is 4.90 Å². The molecule has 142 valence electrons. The molecule has 2 aliphatic rings. The number of amides is 2. The van der Waals surface area contributed by atoms with Gasteiger partial charge in [0.05, 0.1) is 0 Å². The van der Waals surface area contributed by atoms with E-state index in [-0.39, 0.29) is 23.6 Å². The van der Waals surface area contributed by atoms with Crippen LogP contribution < -0.4 is 5.32 Å². The number of hydrogen-bond donors (Lipinski definition) is 1. The van der Waals surface area contributed by atoms with E-state index in [4.69, 9.17) is 0 Å². The number of rotatable bonds is 5. The highest BCUT2D eigenvalue weighted by molar-refractivity contribution is 5.81. The minimum atomic E-state index is -0.224. The highest BCUT2D eigenvalue weighted by Crippen LogP contribution is 2.31. The van der Waals surface area contributed by atoms with E-state index in [1.54, 1.807) is 18.2 Å². The fourth-order valence-corrected chi connectivity index (χ4v) is 4.14. The van der Waals surface area contributed by atoms with E-state index >= 15 is 0 Å². The minimum absolute atomic E-state index is 0.0129. The summed E-state index contributed by atoms with van der Waals surface area (Å²) in [5.74, 6) is 0.198. The minimum Gasteiger partial charge on any atom is -0.356 e. The van der Waals surface area contributed by atoms with Crippen molar-refractivity contribution >= 4 is 11.8 Å². The molecular formula is C21H29FN2O2. The van der Waals surface area contributed by atoms with Crippen LogP contribution in [-0.2, 0) is 16.0 Å². The quantitative estimate of drug-likeness (QED) is 0.876. The molecule has 1 N–H and O–H groups in total. The van der Waals surface area contributed by atoms with Crippen molar-refractivity contribution in [2.24, 2.45) is 11.8 Å².